The second-order valence-electron chi connectivity index (χ2n) is 5.86. The molecule has 2 atom stereocenters. The molecule has 7 nitrogen and oxygen atoms in total. The fourth-order valence-electron chi connectivity index (χ4n) is 2.74. The normalized spacial score (nSPS) is 27.4. The molecule has 10 heteroatoms. The number of hydrogen-bond donors (Lipinski definition) is 2. The van der Waals surface area contributed by atoms with E-state index in [2.05, 4.69) is 14.9 Å². The second-order valence-corrected chi connectivity index (χ2v) is 5.86. The average molecular weight is 351 g/mol. The van der Waals surface area contributed by atoms with E-state index in [-0.39, 0.29) is 5.60 Å². The number of carbonyl (C=O) groups is 1. The summed E-state index contributed by atoms with van der Waals surface area (Å²) >= 11 is 0. The van der Waals surface area contributed by atoms with E-state index in [1.165, 1.54) is 0 Å². The fraction of sp³-hybridized carbons (Fsp3) is 0.714. The highest BCUT2D eigenvalue weighted by atomic mass is 19.4. The summed E-state index contributed by atoms with van der Waals surface area (Å²) in [6.07, 6.45) is 1.68. The lowest BCUT2D eigenvalue weighted by atomic mass is 9.94. The molecule has 0 radical (unpaired) electrons. The first-order chi connectivity index (χ1) is 11.3. The molecule has 0 aliphatic carbocycles. The van der Waals surface area contributed by atoms with Crippen molar-refractivity contribution < 1.29 is 32.5 Å². The van der Waals surface area contributed by atoms with Gasteiger partial charge in [0.2, 0.25) is 0 Å². The van der Waals surface area contributed by atoms with Gasteiger partial charge in [-0.2, -0.15) is 13.2 Å². The molecule has 2 unspecified atom stereocenters. The van der Waals surface area contributed by atoms with Gasteiger partial charge in [-0.25, -0.2) is 9.78 Å². The molecule has 0 bridgehead atoms. The Morgan fingerprint density at radius 1 is 1.50 bits per heavy atom. The number of hydrogen-bond acceptors (Lipinski definition) is 5. The number of alkyl halides is 3. The molecule has 2 N–H and O–H groups in total. The van der Waals surface area contributed by atoms with E-state index >= 15 is 0 Å². The van der Waals surface area contributed by atoms with E-state index in [0.29, 0.717) is 5.92 Å². The highest BCUT2D eigenvalue weighted by Crippen LogP contribution is 2.31. The predicted molar refractivity (Wildman–Crippen MR) is 76.4 cm³/mol. The number of nitrogens with zero attached hydrogens (tertiary/aromatic N) is 2. The first kappa shape index (κ1) is 18.7. The van der Waals surface area contributed by atoms with Crippen LogP contribution in [0.2, 0.25) is 0 Å². The third-order valence-corrected chi connectivity index (χ3v) is 3.79. The lowest BCUT2D eigenvalue weighted by molar-refractivity contribution is -0.192. The maximum Gasteiger partial charge on any atom is 0.490 e. The second kappa shape index (κ2) is 7.95. The van der Waals surface area contributed by atoms with Gasteiger partial charge in [0.15, 0.2) is 0 Å². The Morgan fingerprint density at radius 2 is 2.25 bits per heavy atom. The van der Waals surface area contributed by atoms with E-state index in [9.17, 15) is 13.2 Å². The maximum atomic E-state index is 10.6. The predicted octanol–water partition coefficient (Wildman–Crippen LogP) is 0.911. The molecule has 24 heavy (non-hydrogen) atoms. The summed E-state index contributed by atoms with van der Waals surface area (Å²) in [5, 5.41) is 10.5. The van der Waals surface area contributed by atoms with Crippen LogP contribution in [0.5, 0.6) is 0 Å². The minimum absolute atomic E-state index is 0.0955. The Morgan fingerprint density at radius 3 is 2.88 bits per heavy atom. The molecule has 1 aromatic heterocycles. The van der Waals surface area contributed by atoms with Crippen LogP contribution < -0.4 is 5.32 Å². The summed E-state index contributed by atoms with van der Waals surface area (Å²) in [5.74, 6) is -2.19. The number of imidazole rings is 1. The molecule has 2 aliphatic heterocycles. The molecule has 2 saturated heterocycles. The summed E-state index contributed by atoms with van der Waals surface area (Å²) in [7, 11) is 0. The van der Waals surface area contributed by atoms with Crippen LogP contribution >= 0.6 is 0 Å². The Hall–Kier alpha value is -1.65. The molecule has 0 aromatic carbocycles. The highest BCUT2D eigenvalue weighted by Gasteiger charge is 2.41. The highest BCUT2D eigenvalue weighted by molar-refractivity contribution is 5.73. The first-order valence-electron chi connectivity index (χ1n) is 7.49. The molecule has 2 aliphatic rings. The molecular weight excluding hydrogens is 331 g/mol. The molecular formula is C14H20F3N3O4. The van der Waals surface area contributed by atoms with Gasteiger partial charge in [-0.05, 0) is 6.42 Å². The lowest BCUT2D eigenvalue weighted by Crippen LogP contribution is -2.41. The fourth-order valence-corrected chi connectivity index (χ4v) is 2.74. The molecule has 3 rings (SSSR count). The van der Waals surface area contributed by atoms with E-state index in [0.717, 1.165) is 45.9 Å². The number of aromatic nitrogens is 2. The molecule has 1 aromatic rings. The van der Waals surface area contributed by atoms with Crippen molar-refractivity contribution in [3.8, 4) is 0 Å². The number of carboxylic acids is 1. The van der Waals surface area contributed by atoms with Crippen LogP contribution in [0.3, 0.4) is 0 Å². The Balaban J connectivity index is 0.000000256. The van der Waals surface area contributed by atoms with Crippen LogP contribution in [0.4, 0.5) is 13.2 Å². The van der Waals surface area contributed by atoms with Gasteiger partial charge in [-0.1, -0.05) is 0 Å². The Kier molecular flexibility index (Phi) is 6.19. The van der Waals surface area contributed by atoms with Crippen LogP contribution in [0.15, 0.2) is 18.7 Å². The van der Waals surface area contributed by atoms with E-state index in [1.807, 2.05) is 18.7 Å². The number of ether oxygens (including phenoxy) is 2. The zero-order valence-corrected chi connectivity index (χ0v) is 13.0. The van der Waals surface area contributed by atoms with Gasteiger partial charge in [-0.3, -0.25) is 0 Å². The molecule has 2 fully saturated rings. The number of carboxylic acid groups (broad SMARTS) is 1. The molecule has 136 valence electrons. The van der Waals surface area contributed by atoms with Crippen LogP contribution in [-0.2, 0) is 20.8 Å². The minimum atomic E-state index is -5.08. The zero-order chi connectivity index (χ0) is 17.6. The summed E-state index contributed by atoms with van der Waals surface area (Å²) in [4.78, 5) is 13.0. The summed E-state index contributed by atoms with van der Waals surface area (Å²) in [6, 6.07) is 0. The van der Waals surface area contributed by atoms with Crippen LogP contribution in [-0.4, -0.2) is 65.3 Å². The van der Waals surface area contributed by atoms with E-state index in [1.54, 1.807) is 0 Å². The summed E-state index contributed by atoms with van der Waals surface area (Å²) in [5.41, 5.74) is -0.0955. The molecule has 1 spiro atoms. The third-order valence-electron chi connectivity index (χ3n) is 3.79. The van der Waals surface area contributed by atoms with Crippen LogP contribution in [0, 0.1) is 5.92 Å². The van der Waals surface area contributed by atoms with E-state index < -0.39 is 12.1 Å². The van der Waals surface area contributed by atoms with Crippen molar-refractivity contribution in [3.63, 3.8) is 0 Å². The van der Waals surface area contributed by atoms with Gasteiger partial charge in [-0.15, -0.1) is 0 Å². The van der Waals surface area contributed by atoms with Gasteiger partial charge in [0.05, 0.1) is 26.1 Å². The lowest BCUT2D eigenvalue weighted by Gasteiger charge is -2.25. The van der Waals surface area contributed by atoms with Crippen molar-refractivity contribution in [1.82, 2.24) is 14.9 Å². The topological polar surface area (TPSA) is 85.6 Å². The summed E-state index contributed by atoms with van der Waals surface area (Å²) < 4.78 is 45.5. The van der Waals surface area contributed by atoms with Crippen LogP contribution in [0.25, 0.3) is 0 Å². The van der Waals surface area contributed by atoms with Crippen LogP contribution in [0.1, 0.15) is 6.42 Å². The van der Waals surface area contributed by atoms with Gasteiger partial charge in [0.25, 0.3) is 0 Å². The number of nitrogens with one attached hydrogen (secondary N) is 1. The number of halogens is 3. The van der Waals surface area contributed by atoms with Crippen molar-refractivity contribution in [2.75, 3.05) is 32.9 Å². The quantitative estimate of drug-likeness (QED) is 0.824. The monoisotopic (exact) mass is 351 g/mol. The largest absolute Gasteiger partial charge is 0.490 e. The molecule has 0 amide bonds. The minimum Gasteiger partial charge on any atom is -0.475 e. The van der Waals surface area contributed by atoms with Gasteiger partial charge >= 0.3 is 12.1 Å². The van der Waals surface area contributed by atoms with Crippen molar-refractivity contribution in [1.29, 1.82) is 0 Å². The van der Waals surface area contributed by atoms with Crippen molar-refractivity contribution in [2.24, 2.45) is 5.92 Å². The Bertz CT molecular complexity index is 514. The molecule has 0 saturated carbocycles. The van der Waals surface area contributed by atoms with Crippen molar-refractivity contribution in [3.05, 3.63) is 18.7 Å². The summed E-state index contributed by atoms with van der Waals surface area (Å²) in [6.45, 7) is 5.16. The maximum absolute atomic E-state index is 10.6. The standard InChI is InChI=1S/C12H19N3O2.C2HF3O2/c1-3-15(10-14-1)6-11-5-12(17-7-11)8-13-2-4-16-9-12;3-2(4,5)1(6)7/h1,3,10-11,13H,2,4-9H2;(H,6,7). The van der Waals surface area contributed by atoms with Gasteiger partial charge in [0.1, 0.15) is 5.60 Å². The zero-order valence-electron chi connectivity index (χ0n) is 13.0. The van der Waals surface area contributed by atoms with Crippen molar-refractivity contribution in [2.45, 2.75) is 24.7 Å². The van der Waals surface area contributed by atoms with Gasteiger partial charge < -0.3 is 24.5 Å². The third kappa shape index (κ3) is 5.46. The van der Waals surface area contributed by atoms with Crippen molar-refractivity contribution >= 4 is 5.97 Å². The molecule has 3 heterocycles. The Labute approximate surface area is 136 Å². The SMILES string of the molecule is O=C(O)C(F)(F)F.c1cn(CC2COC3(CNCCOC3)C2)cn1. The first-order valence-corrected chi connectivity index (χ1v) is 7.49. The van der Waals surface area contributed by atoms with Gasteiger partial charge in [0, 0.05) is 37.9 Å². The number of rotatable bonds is 2. The average Bonchev–Trinajstić information content (AvgIpc) is 3.07. The smallest absolute Gasteiger partial charge is 0.475 e. The number of aliphatic carboxylic acids is 1. The van der Waals surface area contributed by atoms with E-state index in [4.69, 9.17) is 19.4 Å².